The van der Waals surface area contributed by atoms with Crippen LogP contribution in [-0.2, 0) is 26.6 Å². The molecule has 0 unspecified atom stereocenters. The number of piperidine rings is 1. The molecule has 2 aliphatic rings. The third-order valence-corrected chi connectivity index (χ3v) is 8.27. The Labute approximate surface area is 170 Å². The summed E-state index contributed by atoms with van der Waals surface area (Å²) in [6.45, 7) is 1.11. The molecule has 2 heterocycles. The van der Waals surface area contributed by atoms with Crippen molar-refractivity contribution in [2.45, 2.75) is 35.6 Å². The molecule has 0 atom stereocenters. The van der Waals surface area contributed by atoms with Crippen LogP contribution in [-0.4, -0.2) is 41.0 Å². The Bertz CT molecular complexity index is 1110. The van der Waals surface area contributed by atoms with Gasteiger partial charge >= 0.3 is 0 Å². The first-order valence-corrected chi connectivity index (χ1v) is 12.3. The van der Waals surface area contributed by atoms with Gasteiger partial charge in [0.05, 0.1) is 9.79 Å². The Balaban J connectivity index is 1.52. The highest BCUT2D eigenvalue weighted by Gasteiger charge is 2.27. The average Bonchev–Trinajstić information content (AvgIpc) is 3.21. The number of sulfonamides is 2. The lowest BCUT2D eigenvalue weighted by Gasteiger charge is -2.26. The van der Waals surface area contributed by atoms with Gasteiger partial charge in [-0.25, -0.2) is 21.6 Å². The fourth-order valence-corrected chi connectivity index (χ4v) is 6.07. The minimum absolute atomic E-state index is 0.00893. The molecule has 8 nitrogen and oxygen atoms in total. The molecule has 156 valence electrons. The van der Waals surface area contributed by atoms with Gasteiger partial charge in [0.1, 0.15) is 0 Å². The largest absolute Gasteiger partial charge is 0.454 e. The average molecular weight is 439 g/mol. The molecule has 0 saturated carbocycles. The van der Waals surface area contributed by atoms with Crippen LogP contribution in [0.3, 0.4) is 0 Å². The van der Waals surface area contributed by atoms with Crippen molar-refractivity contribution in [3.8, 4) is 11.5 Å². The molecule has 0 amide bonds. The van der Waals surface area contributed by atoms with Crippen LogP contribution in [0, 0.1) is 0 Å². The summed E-state index contributed by atoms with van der Waals surface area (Å²) < 4.78 is 65.6. The van der Waals surface area contributed by atoms with E-state index in [-0.39, 0.29) is 23.1 Å². The normalized spacial score (nSPS) is 17.4. The van der Waals surface area contributed by atoms with Crippen LogP contribution in [0.25, 0.3) is 0 Å². The topological polar surface area (TPSA) is 102 Å². The van der Waals surface area contributed by atoms with Gasteiger partial charge in [-0.05, 0) is 48.7 Å². The van der Waals surface area contributed by atoms with Crippen molar-refractivity contribution in [3.63, 3.8) is 0 Å². The zero-order chi connectivity index (χ0) is 20.5. The Kier molecular flexibility index (Phi) is 5.52. The van der Waals surface area contributed by atoms with Gasteiger partial charge in [-0.1, -0.05) is 18.6 Å². The number of fused-ring (bicyclic) bond motifs is 1. The number of hydrogen-bond acceptors (Lipinski definition) is 6. The highest BCUT2D eigenvalue weighted by molar-refractivity contribution is 7.90. The maximum absolute atomic E-state index is 12.8. The van der Waals surface area contributed by atoms with Crippen molar-refractivity contribution in [3.05, 3.63) is 48.0 Å². The van der Waals surface area contributed by atoms with Crippen LogP contribution >= 0.6 is 0 Å². The highest BCUT2D eigenvalue weighted by atomic mass is 32.2. The van der Waals surface area contributed by atoms with Gasteiger partial charge < -0.3 is 9.47 Å². The molecule has 4 rings (SSSR count). The van der Waals surface area contributed by atoms with E-state index in [1.54, 1.807) is 18.2 Å². The summed E-state index contributed by atoms with van der Waals surface area (Å²) in [5, 5.41) is 0. The zero-order valence-electron chi connectivity index (χ0n) is 15.7. The van der Waals surface area contributed by atoms with Gasteiger partial charge in [-0.15, -0.1) is 0 Å². The van der Waals surface area contributed by atoms with E-state index in [1.165, 1.54) is 28.6 Å². The van der Waals surface area contributed by atoms with Crippen molar-refractivity contribution in [1.29, 1.82) is 0 Å². The van der Waals surface area contributed by atoms with Crippen LogP contribution in [0.4, 0.5) is 0 Å². The molecule has 2 aromatic carbocycles. The number of benzene rings is 2. The van der Waals surface area contributed by atoms with Crippen molar-refractivity contribution in [1.82, 2.24) is 9.03 Å². The first kappa shape index (κ1) is 20.1. The molecule has 0 radical (unpaired) electrons. The second kappa shape index (κ2) is 7.94. The van der Waals surface area contributed by atoms with Crippen molar-refractivity contribution >= 4 is 20.0 Å². The molecule has 10 heteroatoms. The molecule has 0 aliphatic carbocycles. The Morgan fingerprint density at radius 2 is 1.59 bits per heavy atom. The Hall–Kier alpha value is -2.14. The Morgan fingerprint density at radius 1 is 0.862 bits per heavy atom. The summed E-state index contributed by atoms with van der Waals surface area (Å²) >= 11 is 0. The summed E-state index contributed by atoms with van der Waals surface area (Å²) in [7, 11) is -7.60. The maximum atomic E-state index is 12.8. The van der Waals surface area contributed by atoms with Gasteiger partial charge in [0.25, 0.3) is 0 Å². The molecule has 1 fully saturated rings. The van der Waals surface area contributed by atoms with E-state index in [4.69, 9.17) is 9.47 Å². The predicted molar refractivity (Wildman–Crippen MR) is 106 cm³/mol. The zero-order valence-corrected chi connectivity index (χ0v) is 17.3. The third-order valence-electron chi connectivity index (χ3n) is 4.97. The van der Waals surface area contributed by atoms with Crippen LogP contribution < -0.4 is 14.2 Å². The summed E-state index contributed by atoms with van der Waals surface area (Å²) in [6.07, 6.45) is 2.63. The second-order valence-electron chi connectivity index (χ2n) is 6.95. The number of nitrogens with one attached hydrogen (secondary N) is 1. The number of rotatable bonds is 6. The molecule has 1 saturated heterocycles. The molecular weight excluding hydrogens is 416 g/mol. The molecule has 0 spiro atoms. The van der Waals surface area contributed by atoms with Crippen LogP contribution in [0.15, 0.2) is 52.3 Å². The number of ether oxygens (including phenoxy) is 2. The number of hydrogen-bond donors (Lipinski definition) is 1. The highest BCUT2D eigenvalue weighted by Crippen LogP contribution is 2.32. The van der Waals surface area contributed by atoms with E-state index in [1.807, 2.05) is 0 Å². The molecule has 1 N–H and O–H groups in total. The third kappa shape index (κ3) is 4.25. The monoisotopic (exact) mass is 438 g/mol. The second-order valence-corrected chi connectivity index (χ2v) is 10.7. The van der Waals surface area contributed by atoms with E-state index < -0.39 is 20.0 Å². The molecule has 29 heavy (non-hydrogen) atoms. The van der Waals surface area contributed by atoms with Crippen LogP contribution in [0.2, 0.25) is 0 Å². The van der Waals surface area contributed by atoms with Gasteiger partial charge in [0.2, 0.25) is 26.8 Å². The minimum Gasteiger partial charge on any atom is -0.454 e. The maximum Gasteiger partial charge on any atom is 0.243 e. The first-order chi connectivity index (χ1) is 13.9. The molecule has 0 bridgehead atoms. The lowest BCUT2D eigenvalue weighted by Crippen LogP contribution is -2.35. The summed E-state index contributed by atoms with van der Waals surface area (Å²) in [6, 6.07) is 10.7. The summed E-state index contributed by atoms with van der Waals surface area (Å²) in [5.41, 5.74) is 0.704. The molecular formula is C19H22N2O6S2. The van der Waals surface area contributed by atoms with Crippen LogP contribution in [0.1, 0.15) is 24.8 Å². The molecule has 2 aliphatic heterocycles. The minimum atomic E-state index is -3.89. The van der Waals surface area contributed by atoms with E-state index in [0.29, 0.717) is 30.2 Å². The Morgan fingerprint density at radius 3 is 2.38 bits per heavy atom. The van der Waals surface area contributed by atoms with Crippen molar-refractivity contribution < 1.29 is 26.3 Å². The van der Waals surface area contributed by atoms with E-state index in [9.17, 15) is 16.8 Å². The van der Waals surface area contributed by atoms with Gasteiger partial charge in [-0.2, -0.15) is 4.31 Å². The molecule has 2 aromatic rings. The number of nitrogens with zero attached hydrogens (tertiary/aromatic N) is 1. The summed E-state index contributed by atoms with van der Waals surface area (Å²) in [4.78, 5) is -0.0957. The quantitative estimate of drug-likeness (QED) is 0.741. The van der Waals surface area contributed by atoms with E-state index >= 15 is 0 Å². The van der Waals surface area contributed by atoms with Crippen molar-refractivity contribution in [2.24, 2.45) is 0 Å². The van der Waals surface area contributed by atoms with Gasteiger partial charge in [0, 0.05) is 19.6 Å². The predicted octanol–water partition coefficient (Wildman–Crippen LogP) is 2.07. The van der Waals surface area contributed by atoms with E-state index in [0.717, 1.165) is 19.3 Å². The fraction of sp³-hybridized carbons (Fsp3) is 0.368. The van der Waals surface area contributed by atoms with Gasteiger partial charge in [0.15, 0.2) is 11.5 Å². The molecule has 0 aromatic heterocycles. The first-order valence-electron chi connectivity index (χ1n) is 9.35. The van der Waals surface area contributed by atoms with Gasteiger partial charge in [-0.3, -0.25) is 0 Å². The SMILES string of the molecule is O=S(=O)(NCc1ccc2c(c1)OCO2)c1cccc(S(=O)(=O)N2CCCCC2)c1. The lowest BCUT2D eigenvalue weighted by molar-refractivity contribution is 0.174. The summed E-state index contributed by atoms with van der Waals surface area (Å²) in [5.74, 6) is 1.18. The smallest absolute Gasteiger partial charge is 0.243 e. The standard InChI is InChI=1S/C19H22N2O6S2/c22-28(23,20-13-15-7-8-18-19(11-15)27-14-26-18)16-5-4-6-17(12-16)29(24,25)21-9-2-1-3-10-21/h4-8,11-12,20H,1-3,9-10,13-14H2. The van der Waals surface area contributed by atoms with Crippen LogP contribution in [0.5, 0.6) is 11.5 Å². The van der Waals surface area contributed by atoms with E-state index in [2.05, 4.69) is 4.72 Å². The lowest BCUT2D eigenvalue weighted by atomic mass is 10.2. The van der Waals surface area contributed by atoms with Crippen molar-refractivity contribution in [2.75, 3.05) is 19.9 Å². The fourth-order valence-electron chi connectivity index (χ4n) is 3.37.